The van der Waals surface area contributed by atoms with Gasteiger partial charge in [0.2, 0.25) is 0 Å². The van der Waals surface area contributed by atoms with Gasteiger partial charge in [-0.2, -0.15) is 0 Å². The van der Waals surface area contributed by atoms with Gasteiger partial charge < -0.3 is 11.1 Å². The maximum absolute atomic E-state index is 6.24. The summed E-state index contributed by atoms with van der Waals surface area (Å²) in [5.41, 5.74) is 6.98. The van der Waals surface area contributed by atoms with Crippen molar-refractivity contribution in [1.29, 1.82) is 0 Å². The molecule has 90 valence electrons. The number of nitrogens with zero attached hydrogens (tertiary/aromatic N) is 1. The molecular formula is C14H19N3. The highest BCUT2D eigenvalue weighted by Crippen LogP contribution is 2.22. The van der Waals surface area contributed by atoms with Crippen molar-refractivity contribution in [3.63, 3.8) is 0 Å². The first kappa shape index (κ1) is 11.9. The fourth-order valence-electron chi connectivity index (χ4n) is 1.71. The highest BCUT2D eigenvalue weighted by molar-refractivity contribution is 5.74. The van der Waals surface area contributed by atoms with Crippen molar-refractivity contribution in [3.05, 3.63) is 42.2 Å². The van der Waals surface area contributed by atoms with Gasteiger partial charge >= 0.3 is 0 Å². The molecule has 1 aromatic carbocycles. The van der Waals surface area contributed by atoms with Gasteiger partial charge in [-0.05, 0) is 30.5 Å². The molecule has 3 nitrogen and oxygen atoms in total. The third kappa shape index (κ3) is 2.74. The zero-order chi connectivity index (χ0) is 12.3. The van der Waals surface area contributed by atoms with Crippen LogP contribution in [0.1, 0.15) is 20.3 Å². The molecule has 0 amide bonds. The Balaban J connectivity index is 2.04. The van der Waals surface area contributed by atoms with Crippen molar-refractivity contribution in [1.82, 2.24) is 0 Å². The van der Waals surface area contributed by atoms with Crippen LogP contribution in [-0.2, 0) is 0 Å². The quantitative estimate of drug-likeness (QED) is 0.837. The van der Waals surface area contributed by atoms with E-state index in [1.165, 1.54) is 0 Å². The van der Waals surface area contributed by atoms with E-state index in [2.05, 4.69) is 30.2 Å². The lowest BCUT2D eigenvalue weighted by Gasteiger charge is -2.30. The Labute approximate surface area is 102 Å². The molecule has 0 bridgehead atoms. The average Bonchev–Trinajstić information content (AvgIpc) is 2.33. The summed E-state index contributed by atoms with van der Waals surface area (Å²) < 4.78 is 0. The van der Waals surface area contributed by atoms with E-state index >= 15 is 0 Å². The van der Waals surface area contributed by atoms with Crippen LogP contribution in [0.5, 0.6) is 0 Å². The van der Waals surface area contributed by atoms with Crippen molar-refractivity contribution in [2.45, 2.75) is 25.8 Å². The maximum atomic E-state index is 6.24. The first-order valence-corrected chi connectivity index (χ1v) is 5.96. The minimum absolute atomic E-state index is 0.304. The molecule has 0 saturated carbocycles. The summed E-state index contributed by atoms with van der Waals surface area (Å²) in [5, 5.41) is 3.27. The van der Waals surface area contributed by atoms with Crippen LogP contribution in [0, 0.1) is 5.92 Å². The molecule has 0 aromatic heterocycles. The van der Waals surface area contributed by atoms with Crippen molar-refractivity contribution in [2.24, 2.45) is 16.6 Å². The summed E-state index contributed by atoms with van der Waals surface area (Å²) in [4.78, 5) is 4.40. The minimum atomic E-state index is -0.304. The third-order valence-corrected chi connectivity index (χ3v) is 3.21. The van der Waals surface area contributed by atoms with Crippen LogP contribution in [0.15, 0.2) is 47.2 Å². The molecule has 1 heterocycles. The van der Waals surface area contributed by atoms with Crippen molar-refractivity contribution in [3.8, 4) is 0 Å². The van der Waals surface area contributed by atoms with Crippen molar-refractivity contribution in [2.75, 3.05) is 5.32 Å². The molecule has 2 rings (SSSR count). The highest BCUT2D eigenvalue weighted by Gasteiger charge is 2.28. The van der Waals surface area contributed by atoms with Gasteiger partial charge in [-0.25, -0.2) is 4.99 Å². The van der Waals surface area contributed by atoms with Crippen molar-refractivity contribution < 1.29 is 0 Å². The first-order chi connectivity index (χ1) is 8.10. The van der Waals surface area contributed by atoms with Gasteiger partial charge in [0.15, 0.2) is 0 Å². The molecule has 0 saturated heterocycles. The van der Waals surface area contributed by atoms with Crippen LogP contribution < -0.4 is 11.1 Å². The molecule has 17 heavy (non-hydrogen) atoms. The number of benzene rings is 1. The lowest BCUT2D eigenvalue weighted by atomic mass is 9.84. The normalized spacial score (nSPS) is 23.6. The van der Waals surface area contributed by atoms with Crippen LogP contribution in [0.2, 0.25) is 0 Å². The molecule has 0 fully saturated rings. The predicted molar refractivity (Wildman–Crippen MR) is 73.0 cm³/mol. The number of nitrogens with two attached hydrogens (primary N) is 1. The zero-order valence-electron chi connectivity index (χ0n) is 10.4. The van der Waals surface area contributed by atoms with E-state index in [4.69, 9.17) is 5.73 Å². The van der Waals surface area contributed by atoms with Crippen LogP contribution in [-0.4, -0.2) is 11.8 Å². The second kappa shape index (κ2) is 4.72. The lowest BCUT2D eigenvalue weighted by Crippen LogP contribution is -2.47. The van der Waals surface area contributed by atoms with Gasteiger partial charge in [0.25, 0.3) is 0 Å². The second-order valence-electron chi connectivity index (χ2n) is 4.81. The Hall–Kier alpha value is -1.61. The van der Waals surface area contributed by atoms with E-state index in [0.29, 0.717) is 5.92 Å². The summed E-state index contributed by atoms with van der Waals surface area (Å²) in [6.45, 7) is 4.24. The number of hydrogen-bond acceptors (Lipinski definition) is 3. The summed E-state index contributed by atoms with van der Waals surface area (Å²) in [5.74, 6) is 1.26. The Morgan fingerprint density at radius 1 is 1.29 bits per heavy atom. The largest absolute Gasteiger partial charge is 0.341 e. The highest BCUT2D eigenvalue weighted by atomic mass is 15.0. The summed E-state index contributed by atoms with van der Waals surface area (Å²) in [6.07, 6.45) is 4.75. The molecule has 1 atom stereocenters. The fourth-order valence-corrected chi connectivity index (χ4v) is 1.71. The summed E-state index contributed by atoms with van der Waals surface area (Å²) >= 11 is 0. The number of hydrogen-bond donors (Lipinski definition) is 2. The van der Waals surface area contributed by atoms with Crippen LogP contribution >= 0.6 is 0 Å². The molecular weight excluding hydrogens is 210 g/mol. The third-order valence-electron chi connectivity index (χ3n) is 3.21. The smallest absolute Gasteiger partial charge is 0.125 e. The van der Waals surface area contributed by atoms with Gasteiger partial charge in [0, 0.05) is 11.9 Å². The predicted octanol–water partition coefficient (Wildman–Crippen LogP) is 2.77. The van der Waals surface area contributed by atoms with E-state index in [1.807, 2.05) is 36.5 Å². The SMILES string of the molecule is CC(C)C1(N)C=NC(Nc2ccccc2)=CC1. The molecule has 1 aliphatic heterocycles. The van der Waals surface area contributed by atoms with Gasteiger partial charge in [-0.3, -0.25) is 0 Å². The number of aliphatic imine (C=N–C) groups is 1. The summed E-state index contributed by atoms with van der Waals surface area (Å²) in [6, 6.07) is 10.0. The Morgan fingerprint density at radius 2 is 2.00 bits per heavy atom. The van der Waals surface area contributed by atoms with Gasteiger partial charge in [0.1, 0.15) is 5.82 Å². The average molecular weight is 229 g/mol. The van der Waals surface area contributed by atoms with Crippen LogP contribution in [0.3, 0.4) is 0 Å². The van der Waals surface area contributed by atoms with Crippen LogP contribution in [0.25, 0.3) is 0 Å². The number of nitrogens with one attached hydrogen (secondary N) is 1. The lowest BCUT2D eigenvalue weighted by molar-refractivity contribution is 0.420. The molecule has 3 N–H and O–H groups in total. The van der Waals surface area contributed by atoms with Gasteiger partial charge in [0.05, 0.1) is 5.54 Å². The molecule has 0 spiro atoms. The standard InChI is InChI=1S/C14H19N3/c1-11(2)14(15)9-8-13(16-10-14)17-12-6-4-3-5-7-12/h3-8,10-11,17H,9,15H2,1-2H3. The molecule has 0 radical (unpaired) electrons. The molecule has 1 unspecified atom stereocenters. The monoisotopic (exact) mass is 229 g/mol. The van der Waals surface area contributed by atoms with E-state index in [9.17, 15) is 0 Å². The van der Waals surface area contributed by atoms with Gasteiger partial charge in [-0.1, -0.05) is 32.0 Å². The maximum Gasteiger partial charge on any atom is 0.125 e. The van der Waals surface area contributed by atoms with E-state index in [1.54, 1.807) is 0 Å². The molecule has 1 aromatic rings. The van der Waals surface area contributed by atoms with E-state index < -0.39 is 0 Å². The zero-order valence-corrected chi connectivity index (χ0v) is 10.4. The Kier molecular flexibility index (Phi) is 3.29. The van der Waals surface area contributed by atoms with Crippen molar-refractivity contribution >= 4 is 11.9 Å². The number of anilines is 1. The second-order valence-corrected chi connectivity index (χ2v) is 4.81. The Bertz CT molecular complexity index is 434. The van der Waals surface area contributed by atoms with Gasteiger partial charge in [-0.15, -0.1) is 0 Å². The number of rotatable bonds is 3. The summed E-state index contributed by atoms with van der Waals surface area (Å²) in [7, 11) is 0. The number of para-hydroxylation sites is 1. The molecule has 3 heteroatoms. The minimum Gasteiger partial charge on any atom is -0.341 e. The Morgan fingerprint density at radius 3 is 2.53 bits per heavy atom. The molecule has 0 aliphatic carbocycles. The topological polar surface area (TPSA) is 50.4 Å². The molecule has 1 aliphatic rings. The van der Waals surface area contributed by atoms with E-state index in [-0.39, 0.29) is 5.54 Å². The first-order valence-electron chi connectivity index (χ1n) is 5.96. The van der Waals surface area contributed by atoms with Crippen LogP contribution in [0.4, 0.5) is 5.69 Å². The van der Waals surface area contributed by atoms with E-state index in [0.717, 1.165) is 17.9 Å². The fraction of sp³-hybridized carbons (Fsp3) is 0.357.